The predicted octanol–water partition coefficient (Wildman–Crippen LogP) is 1.73. The van der Waals surface area contributed by atoms with E-state index in [4.69, 9.17) is 4.42 Å². The largest absolute Gasteiger partial charge is 0.460 e. The summed E-state index contributed by atoms with van der Waals surface area (Å²) in [4.78, 5) is 1.60. The van der Waals surface area contributed by atoms with Crippen LogP contribution in [0.25, 0.3) is 0 Å². The Morgan fingerprint density at radius 3 is 2.71 bits per heavy atom. The molecule has 0 amide bonds. The van der Waals surface area contributed by atoms with Gasteiger partial charge in [-0.25, -0.2) is 0 Å². The molecule has 2 aromatic rings. The van der Waals surface area contributed by atoms with Gasteiger partial charge in [0.05, 0.1) is 6.54 Å². The van der Waals surface area contributed by atoms with Gasteiger partial charge in [0.25, 0.3) is 0 Å². The number of furan rings is 1. The van der Waals surface area contributed by atoms with Crippen molar-refractivity contribution in [2.24, 2.45) is 0 Å². The van der Waals surface area contributed by atoms with Crippen LogP contribution in [0.15, 0.2) is 40.8 Å². The van der Waals surface area contributed by atoms with Gasteiger partial charge in [-0.2, -0.15) is 0 Å². The van der Waals surface area contributed by atoms with Crippen molar-refractivity contribution in [2.75, 3.05) is 6.54 Å². The van der Waals surface area contributed by atoms with Gasteiger partial charge >= 0.3 is 0 Å². The van der Waals surface area contributed by atoms with Crippen molar-refractivity contribution in [3.8, 4) is 0 Å². The van der Waals surface area contributed by atoms with E-state index in [2.05, 4.69) is 30.3 Å². The summed E-state index contributed by atoms with van der Waals surface area (Å²) >= 11 is 0. The number of fused-ring (bicyclic) bond motifs is 1. The van der Waals surface area contributed by atoms with Crippen molar-refractivity contribution in [1.29, 1.82) is 0 Å². The van der Waals surface area contributed by atoms with E-state index in [1.54, 1.807) is 4.90 Å². The minimum absolute atomic E-state index is 1.00. The normalized spacial score (nSPS) is 19.0. The summed E-state index contributed by atoms with van der Waals surface area (Å²) in [5, 5.41) is 0. The van der Waals surface area contributed by atoms with Crippen molar-refractivity contribution in [3.05, 3.63) is 59.0 Å². The average molecular weight is 228 g/mol. The number of aryl methyl sites for hydroxylation is 1. The smallest absolute Gasteiger partial charge is 0.158 e. The molecule has 1 unspecified atom stereocenters. The van der Waals surface area contributed by atoms with Gasteiger partial charge in [0, 0.05) is 12.0 Å². The predicted molar refractivity (Wildman–Crippen MR) is 66.8 cm³/mol. The summed E-state index contributed by atoms with van der Waals surface area (Å²) in [6.45, 7) is 5.33. The average Bonchev–Trinajstić information content (AvgIpc) is 2.75. The van der Waals surface area contributed by atoms with E-state index in [0.717, 1.165) is 24.6 Å². The zero-order chi connectivity index (χ0) is 11.7. The Morgan fingerprint density at radius 1 is 1.12 bits per heavy atom. The monoisotopic (exact) mass is 228 g/mol. The first-order valence-electron chi connectivity index (χ1n) is 6.27. The molecule has 0 saturated carbocycles. The Labute approximate surface area is 102 Å². The molecule has 1 atom stereocenters. The van der Waals surface area contributed by atoms with Gasteiger partial charge in [-0.3, -0.25) is 0 Å². The van der Waals surface area contributed by atoms with Crippen LogP contribution >= 0.6 is 0 Å². The third kappa shape index (κ3) is 2.27. The molecule has 3 rings (SSSR count). The molecule has 1 aromatic heterocycles. The van der Waals surface area contributed by atoms with E-state index in [-0.39, 0.29) is 0 Å². The number of hydrogen-bond acceptors (Lipinski definition) is 1. The number of hydrogen-bond donors (Lipinski definition) is 1. The zero-order valence-corrected chi connectivity index (χ0v) is 10.2. The van der Waals surface area contributed by atoms with Crippen molar-refractivity contribution in [1.82, 2.24) is 0 Å². The highest BCUT2D eigenvalue weighted by atomic mass is 16.3. The van der Waals surface area contributed by atoms with Crippen LogP contribution in [0.5, 0.6) is 0 Å². The molecule has 1 aliphatic heterocycles. The van der Waals surface area contributed by atoms with Gasteiger partial charge in [0.15, 0.2) is 5.76 Å². The number of quaternary nitrogens is 1. The topological polar surface area (TPSA) is 17.6 Å². The molecule has 2 heterocycles. The molecule has 0 fully saturated rings. The van der Waals surface area contributed by atoms with Crippen molar-refractivity contribution in [3.63, 3.8) is 0 Å². The first kappa shape index (κ1) is 10.6. The van der Waals surface area contributed by atoms with E-state index in [1.165, 1.54) is 24.1 Å². The third-order valence-corrected chi connectivity index (χ3v) is 3.53. The molecule has 0 spiro atoms. The lowest BCUT2D eigenvalue weighted by molar-refractivity contribution is -0.930. The molecule has 0 bridgehead atoms. The van der Waals surface area contributed by atoms with E-state index in [0.29, 0.717) is 0 Å². The van der Waals surface area contributed by atoms with Crippen molar-refractivity contribution >= 4 is 0 Å². The van der Waals surface area contributed by atoms with E-state index in [1.807, 2.05) is 13.0 Å². The van der Waals surface area contributed by atoms with Crippen LogP contribution in [0.3, 0.4) is 0 Å². The second-order valence-electron chi connectivity index (χ2n) is 4.88. The fraction of sp³-hybridized carbons (Fsp3) is 0.333. The van der Waals surface area contributed by atoms with Crippen molar-refractivity contribution in [2.45, 2.75) is 26.4 Å². The summed E-state index contributed by atoms with van der Waals surface area (Å²) in [5.41, 5.74) is 3.02. The Kier molecular flexibility index (Phi) is 2.73. The third-order valence-electron chi connectivity index (χ3n) is 3.53. The zero-order valence-electron chi connectivity index (χ0n) is 10.2. The highest BCUT2D eigenvalue weighted by Gasteiger charge is 2.19. The molecule has 1 aromatic carbocycles. The molecule has 17 heavy (non-hydrogen) atoms. The lowest BCUT2D eigenvalue weighted by atomic mass is 10.00. The summed E-state index contributed by atoms with van der Waals surface area (Å²) in [5.74, 6) is 2.12. The van der Waals surface area contributed by atoms with E-state index < -0.39 is 0 Å². The first-order valence-corrected chi connectivity index (χ1v) is 6.27. The Balaban J connectivity index is 1.72. The van der Waals surface area contributed by atoms with Crippen LogP contribution in [0.2, 0.25) is 0 Å². The molecular weight excluding hydrogens is 210 g/mol. The molecule has 0 aliphatic carbocycles. The van der Waals surface area contributed by atoms with Crippen LogP contribution in [0, 0.1) is 6.92 Å². The molecule has 1 aliphatic rings. The highest BCUT2D eigenvalue weighted by Crippen LogP contribution is 2.11. The fourth-order valence-corrected chi connectivity index (χ4v) is 2.62. The second kappa shape index (κ2) is 4.38. The van der Waals surface area contributed by atoms with Crippen molar-refractivity contribution < 1.29 is 9.32 Å². The molecular formula is C15H18NO+. The van der Waals surface area contributed by atoms with Crippen LogP contribution < -0.4 is 4.90 Å². The number of rotatable bonds is 2. The summed E-state index contributed by atoms with van der Waals surface area (Å²) in [6, 6.07) is 12.9. The van der Waals surface area contributed by atoms with Crippen LogP contribution in [0.1, 0.15) is 22.6 Å². The first-order chi connectivity index (χ1) is 8.31. The Hall–Kier alpha value is -1.54. The lowest BCUT2D eigenvalue weighted by Crippen LogP contribution is -3.10. The van der Waals surface area contributed by atoms with Gasteiger partial charge in [0.2, 0.25) is 0 Å². The molecule has 2 nitrogen and oxygen atoms in total. The van der Waals surface area contributed by atoms with Gasteiger partial charge < -0.3 is 9.32 Å². The second-order valence-corrected chi connectivity index (χ2v) is 4.88. The minimum Gasteiger partial charge on any atom is -0.460 e. The molecule has 88 valence electrons. The highest BCUT2D eigenvalue weighted by molar-refractivity contribution is 5.27. The maximum absolute atomic E-state index is 5.65. The molecule has 0 radical (unpaired) electrons. The molecule has 0 saturated heterocycles. The maximum Gasteiger partial charge on any atom is 0.158 e. The molecule has 2 heteroatoms. The van der Waals surface area contributed by atoms with Crippen LogP contribution in [-0.4, -0.2) is 6.54 Å². The molecule has 1 N–H and O–H groups in total. The summed E-state index contributed by atoms with van der Waals surface area (Å²) in [7, 11) is 0. The minimum atomic E-state index is 1.00. The van der Waals surface area contributed by atoms with E-state index >= 15 is 0 Å². The van der Waals surface area contributed by atoms with Crippen LogP contribution in [-0.2, 0) is 19.5 Å². The van der Waals surface area contributed by atoms with Gasteiger partial charge in [-0.15, -0.1) is 0 Å². The summed E-state index contributed by atoms with van der Waals surface area (Å²) < 4.78 is 5.65. The SMILES string of the molecule is Cc1ccc(C[NH+]2CCc3ccccc3C2)o1. The van der Waals surface area contributed by atoms with Crippen LogP contribution in [0.4, 0.5) is 0 Å². The Morgan fingerprint density at radius 2 is 1.94 bits per heavy atom. The quantitative estimate of drug-likeness (QED) is 0.828. The lowest BCUT2D eigenvalue weighted by Gasteiger charge is -2.25. The van der Waals surface area contributed by atoms with Gasteiger partial charge in [-0.05, 0) is 24.6 Å². The number of benzene rings is 1. The van der Waals surface area contributed by atoms with Gasteiger partial charge in [-0.1, -0.05) is 24.3 Å². The number of nitrogens with one attached hydrogen (secondary N) is 1. The van der Waals surface area contributed by atoms with Gasteiger partial charge in [0.1, 0.15) is 18.8 Å². The van der Waals surface area contributed by atoms with E-state index in [9.17, 15) is 0 Å². The fourth-order valence-electron chi connectivity index (χ4n) is 2.62. The maximum atomic E-state index is 5.65. The standard InChI is InChI=1S/C15H17NO/c1-12-6-7-15(17-12)11-16-9-8-13-4-2-3-5-14(13)10-16/h2-7H,8-11H2,1H3/p+1. The summed E-state index contributed by atoms with van der Waals surface area (Å²) in [6.07, 6.45) is 1.19. The Bertz CT molecular complexity index is 515.